The number of rotatable bonds is 8. The van der Waals surface area contributed by atoms with Crippen LogP contribution in [0.4, 0.5) is 10.8 Å². The van der Waals surface area contributed by atoms with Gasteiger partial charge in [-0.05, 0) is 66.7 Å². The van der Waals surface area contributed by atoms with E-state index in [1.54, 1.807) is 79.9 Å². The predicted molar refractivity (Wildman–Crippen MR) is 172 cm³/mol. The van der Waals surface area contributed by atoms with Crippen LogP contribution in [0.3, 0.4) is 0 Å². The van der Waals surface area contributed by atoms with Crippen LogP contribution in [0, 0.1) is 0 Å². The number of carbonyl (C=O) groups excluding carboxylic acids is 1. The van der Waals surface area contributed by atoms with Gasteiger partial charge in [-0.1, -0.05) is 41.7 Å². The first-order valence-electron chi connectivity index (χ1n) is 13.2. The lowest BCUT2D eigenvalue weighted by Crippen LogP contribution is -2.27. The van der Waals surface area contributed by atoms with E-state index in [0.717, 1.165) is 9.71 Å². The summed E-state index contributed by atoms with van der Waals surface area (Å²) >= 11 is 1.20. The highest BCUT2D eigenvalue weighted by Gasteiger charge is 2.25. The fourth-order valence-corrected chi connectivity index (χ4v) is 6.57. The Morgan fingerprint density at radius 2 is 1.70 bits per heavy atom. The Morgan fingerprint density at radius 3 is 2.45 bits per heavy atom. The monoisotopic (exact) mass is 624 g/mol. The first-order valence-corrected chi connectivity index (χ1v) is 15.5. The van der Waals surface area contributed by atoms with Crippen LogP contribution in [0.1, 0.15) is 15.9 Å². The first-order chi connectivity index (χ1) is 21.3. The molecule has 0 aliphatic carbocycles. The van der Waals surface area contributed by atoms with Gasteiger partial charge in [0.15, 0.2) is 0 Å². The minimum atomic E-state index is -3.89. The van der Waals surface area contributed by atoms with E-state index in [2.05, 4.69) is 10.1 Å². The minimum Gasteiger partial charge on any atom is -0.497 e. The Balaban J connectivity index is 1.37. The standard InChI is InChI=1S/C32H24N4O6S2/c1-35(23-8-4-3-5-9-23)44(39,40)25-15-12-21(13-16-25)31(38)36(32-34-27-17-14-24(41-2)18-29(27)43-32)33-19-22-20-42-28-11-7-6-10-26(28)30(22)37/h3-20H,1-2H3/b33-19+. The lowest BCUT2D eigenvalue weighted by atomic mass is 10.2. The highest BCUT2D eigenvalue weighted by Crippen LogP contribution is 2.33. The number of ether oxygens (including phenoxy) is 1. The van der Waals surface area contributed by atoms with Crippen molar-refractivity contribution < 1.29 is 22.4 Å². The smallest absolute Gasteiger partial charge is 0.280 e. The van der Waals surface area contributed by atoms with E-state index in [-0.39, 0.29) is 26.6 Å². The molecule has 12 heteroatoms. The van der Waals surface area contributed by atoms with Gasteiger partial charge < -0.3 is 9.15 Å². The topological polar surface area (TPSA) is 122 Å². The lowest BCUT2D eigenvalue weighted by Gasteiger charge is -2.19. The number of anilines is 2. The summed E-state index contributed by atoms with van der Waals surface area (Å²) < 4.78 is 39.3. The predicted octanol–water partition coefficient (Wildman–Crippen LogP) is 5.92. The molecule has 0 spiro atoms. The zero-order chi connectivity index (χ0) is 30.8. The second-order valence-electron chi connectivity index (χ2n) is 9.54. The second-order valence-corrected chi connectivity index (χ2v) is 12.5. The van der Waals surface area contributed by atoms with Crippen LogP contribution in [0.2, 0.25) is 0 Å². The molecular formula is C32H24N4O6S2. The molecule has 10 nitrogen and oxygen atoms in total. The largest absolute Gasteiger partial charge is 0.497 e. The molecule has 6 rings (SSSR count). The summed E-state index contributed by atoms with van der Waals surface area (Å²) in [6, 6.07) is 26.4. The summed E-state index contributed by atoms with van der Waals surface area (Å²) in [6.07, 6.45) is 2.53. The summed E-state index contributed by atoms with van der Waals surface area (Å²) in [6.45, 7) is 0. The number of benzene rings is 4. The number of carbonyl (C=O) groups is 1. The third-order valence-corrected chi connectivity index (χ3v) is 9.65. The van der Waals surface area contributed by atoms with Crippen LogP contribution in [0.25, 0.3) is 21.2 Å². The molecule has 4 aromatic carbocycles. The molecule has 0 aliphatic rings. The number of nitrogens with zero attached hydrogens (tertiary/aromatic N) is 4. The highest BCUT2D eigenvalue weighted by atomic mass is 32.2. The maximum Gasteiger partial charge on any atom is 0.280 e. The molecule has 0 saturated heterocycles. The van der Waals surface area contributed by atoms with Crippen molar-refractivity contribution in [2.24, 2.45) is 5.10 Å². The van der Waals surface area contributed by atoms with E-state index in [1.165, 1.54) is 59.4 Å². The molecule has 0 unspecified atom stereocenters. The van der Waals surface area contributed by atoms with Gasteiger partial charge in [0.2, 0.25) is 10.6 Å². The third kappa shape index (κ3) is 5.43. The normalized spacial score (nSPS) is 11.7. The van der Waals surface area contributed by atoms with Gasteiger partial charge in [0.05, 0.1) is 45.1 Å². The number of sulfonamides is 1. The molecule has 0 aliphatic heterocycles. The number of hydrogen-bond acceptors (Lipinski definition) is 9. The third-order valence-electron chi connectivity index (χ3n) is 6.86. The first kappa shape index (κ1) is 28.8. The molecule has 0 saturated carbocycles. The SMILES string of the molecule is COc1ccc2nc(N(/N=C/c3coc4ccccc4c3=O)C(=O)c3ccc(S(=O)(=O)N(C)c4ccccc4)cc3)sc2c1. The molecule has 0 N–H and O–H groups in total. The van der Waals surface area contributed by atoms with E-state index in [9.17, 15) is 18.0 Å². The van der Waals surface area contributed by atoms with E-state index in [4.69, 9.17) is 9.15 Å². The Hall–Kier alpha value is -5.33. The highest BCUT2D eigenvalue weighted by molar-refractivity contribution is 7.92. The van der Waals surface area contributed by atoms with Crippen LogP contribution in [-0.4, -0.2) is 39.7 Å². The lowest BCUT2D eigenvalue weighted by molar-refractivity contribution is 0.0987. The minimum absolute atomic E-state index is 0.0105. The van der Waals surface area contributed by atoms with E-state index < -0.39 is 15.9 Å². The molecule has 220 valence electrons. The number of hydrazone groups is 1. The van der Waals surface area contributed by atoms with Gasteiger partial charge in [-0.15, -0.1) is 0 Å². The van der Waals surface area contributed by atoms with Gasteiger partial charge in [0, 0.05) is 12.6 Å². The van der Waals surface area contributed by atoms with Crippen molar-refractivity contribution in [3.05, 3.63) is 125 Å². The Kier molecular flexibility index (Phi) is 7.68. The van der Waals surface area contributed by atoms with Crippen molar-refractivity contribution in [2.45, 2.75) is 4.90 Å². The van der Waals surface area contributed by atoms with E-state index >= 15 is 0 Å². The fourth-order valence-electron chi connectivity index (χ4n) is 4.43. The molecule has 6 aromatic rings. The van der Waals surface area contributed by atoms with E-state index in [0.29, 0.717) is 27.9 Å². The van der Waals surface area contributed by atoms with Gasteiger partial charge in [0.1, 0.15) is 17.6 Å². The van der Waals surface area contributed by atoms with Gasteiger partial charge in [-0.2, -0.15) is 10.1 Å². The molecule has 0 radical (unpaired) electrons. The van der Waals surface area contributed by atoms with E-state index in [1.807, 2.05) is 0 Å². The second kappa shape index (κ2) is 11.7. The molecule has 2 aromatic heterocycles. The van der Waals surface area contributed by atoms with Crippen LogP contribution >= 0.6 is 11.3 Å². The van der Waals surface area contributed by atoms with Gasteiger partial charge in [-0.3, -0.25) is 13.9 Å². The van der Waals surface area contributed by atoms with Crippen LogP contribution in [-0.2, 0) is 10.0 Å². The van der Waals surface area contributed by atoms with Crippen LogP contribution < -0.4 is 19.5 Å². The molecular weight excluding hydrogens is 601 g/mol. The maximum absolute atomic E-state index is 13.9. The van der Waals surface area contributed by atoms with Crippen molar-refractivity contribution in [2.75, 3.05) is 23.5 Å². The molecule has 2 heterocycles. The summed E-state index contributed by atoms with van der Waals surface area (Å²) in [7, 11) is -0.869. The number of thiazole rings is 1. The zero-order valence-electron chi connectivity index (χ0n) is 23.4. The number of methoxy groups -OCH3 is 1. The number of hydrogen-bond donors (Lipinski definition) is 0. The molecule has 44 heavy (non-hydrogen) atoms. The maximum atomic E-state index is 13.9. The number of amides is 1. The fraction of sp³-hybridized carbons (Fsp3) is 0.0625. The van der Waals surface area contributed by atoms with Crippen molar-refractivity contribution in [1.82, 2.24) is 4.98 Å². The van der Waals surface area contributed by atoms with Crippen molar-refractivity contribution in [1.29, 1.82) is 0 Å². The van der Waals surface area contributed by atoms with Crippen molar-refractivity contribution in [3.63, 3.8) is 0 Å². The Labute approximate surface area is 256 Å². The van der Waals surface area contributed by atoms with Crippen LogP contribution in [0.15, 0.2) is 123 Å². The summed E-state index contributed by atoms with van der Waals surface area (Å²) in [4.78, 5) is 31.5. The van der Waals surface area contributed by atoms with Crippen molar-refractivity contribution in [3.8, 4) is 5.75 Å². The zero-order valence-corrected chi connectivity index (χ0v) is 25.1. The quantitative estimate of drug-likeness (QED) is 0.152. The van der Waals surface area contributed by atoms with Gasteiger partial charge in [-0.25, -0.2) is 13.4 Å². The Morgan fingerprint density at radius 1 is 0.977 bits per heavy atom. The molecule has 0 bridgehead atoms. The number of aromatic nitrogens is 1. The van der Waals surface area contributed by atoms with Crippen LogP contribution in [0.5, 0.6) is 5.75 Å². The number of fused-ring (bicyclic) bond motifs is 2. The van der Waals surface area contributed by atoms with Gasteiger partial charge in [0.25, 0.3) is 15.9 Å². The average molecular weight is 625 g/mol. The molecule has 0 atom stereocenters. The van der Waals surface area contributed by atoms with Gasteiger partial charge >= 0.3 is 0 Å². The molecule has 0 fully saturated rings. The summed E-state index contributed by atoms with van der Waals surface area (Å²) in [5, 5.41) is 6.06. The van der Waals surface area contributed by atoms with Crippen molar-refractivity contribution >= 4 is 65.5 Å². The summed E-state index contributed by atoms with van der Waals surface area (Å²) in [5.41, 5.74) is 1.53. The summed E-state index contributed by atoms with van der Waals surface area (Å²) in [5.74, 6) is 0.0397. The number of para-hydroxylation sites is 2. The Bertz CT molecular complexity index is 2190. The average Bonchev–Trinajstić information content (AvgIpc) is 3.49. The molecule has 1 amide bonds.